The Hall–Kier alpha value is -1.16. The molecule has 0 unspecified atom stereocenters. The summed E-state index contributed by atoms with van der Waals surface area (Å²) in [7, 11) is 0. The van der Waals surface area contributed by atoms with Crippen molar-refractivity contribution in [3.63, 3.8) is 0 Å². The minimum Gasteiger partial charge on any atom is -0.390 e. The van der Waals surface area contributed by atoms with Gasteiger partial charge in [-0.25, -0.2) is 4.98 Å². The second kappa shape index (κ2) is 5.00. The molecule has 1 heterocycles. The van der Waals surface area contributed by atoms with Gasteiger partial charge in [-0.05, 0) is 24.3 Å². The van der Waals surface area contributed by atoms with E-state index < -0.39 is 5.95 Å². The molecule has 1 N–H and O–H groups in total. The topological polar surface area (TPSA) is 33.1 Å². The zero-order valence-electron chi connectivity index (χ0n) is 8.62. The first-order valence-corrected chi connectivity index (χ1v) is 5.59. The number of nitrogens with zero attached hydrogens (tertiary/aromatic N) is 1. The molecular weight excluding hydrogens is 264 g/mol. The van der Waals surface area contributed by atoms with Crippen LogP contribution in [0.1, 0.15) is 5.69 Å². The van der Waals surface area contributed by atoms with E-state index in [-0.39, 0.29) is 17.9 Å². The van der Waals surface area contributed by atoms with E-state index >= 15 is 0 Å². The zero-order valence-corrected chi connectivity index (χ0v) is 10.1. The maximum atomic E-state index is 13.7. The van der Waals surface area contributed by atoms with Gasteiger partial charge in [-0.1, -0.05) is 29.3 Å². The highest BCUT2D eigenvalue weighted by Gasteiger charge is 2.11. The van der Waals surface area contributed by atoms with E-state index in [1.165, 1.54) is 12.1 Å². The molecule has 2 nitrogen and oxygen atoms in total. The van der Waals surface area contributed by atoms with Crippen LogP contribution in [0, 0.1) is 5.95 Å². The van der Waals surface area contributed by atoms with Gasteiger partial charge in [0.15, 0.2) is 0 Å². The quantitative estimate of drug-likeness (QED) is 0.846. The molecule has 0 amide bonds. The summed E-state index contributed by atoms with van der Waals surface area (Å²) >= 11 is 11.7. The molecule has 0 bridgehead atoms. The molecule has 1 aromatic heterocycles. The summed E-state index contributed by atoms with van der Waals surface area (Å²) in [6.07, 6.45) is 0. The molecule has 0 atom stereocenters. The van der Waals surface area contributed by atoms with Crippen LogP contribution in [-0.2, 0) is 6.61 Å². The minimum atomic E-state index is -0.666. The second-order valence-corrected chi connectivity index (χ2v) is 4.27. The van der Waals surface area contributed by atoms with Crippen molar-refractivity contribution in [2.24, 2.45) is 0 Å². The van der Waals surface area contributed by atoms with Crippen molar-refractivity contribution in [2.75, 3.05) is 0 Å². The highest BCUT2D eigenvalue weighted by Crippen LogP contribution is 2.31. The van der Waals surface area contributed by atoms with Crippen LogP contribution in [0.4, 0.5) is 4.39 Å². The summed E-state index contributed by atoms with van der Waals surface area (Å²) in [5, 5.41) is 9.68. The number of rotatable bonds is 2. The molecule has 17 heavy (non-hydrogen) atoms. The molecular formula is C12H8Cl2FNO. The Morgan fingerprint density at radius 1 is 1.12 bits per heavy atom. The lowest BCUT2D eigenvalue weighted by Gasteiger charge is -2.06. The normalized spacial score (nSPS) is 10.6. The Labute approximate surface area is 108 Å². The van der Waals surface area contributed by atoms with Crippen LogP contribution >= 0.6 is 23.2 Å². The van der Waals surface area contributed by atoms with Crippen molar-refractivity contribution in [3.05, 3.63) is 52.0 Å². The Morgan fingerprint density at radius 3 is 2.41 bits per heavy atom. The monoisotopic (exact) mass is 271 g/mol. The predicted octanol–water partition coefficient (Wildman–Crippen LogP) is 3.69. The van der Waals surface area contributed by atoms with Gasteiger partial charge in [-0.2, -0.15) is 4.39 Å². The minimum absolute atomic E-state index is 0.274. The van der Waals surface area contributed by atoms with Gasteiger partial charge < -0.3 is 5.11 Å². The first kappa shape index (κ1) is 12.3. The van der Waals surface area contributed by atoms with Crippen molar-refractivity contribution in [1.29, 1.82) is 0 Å². The Balaban J connectivity index is 2.53. The number of halogens is 3. The zero-order chi connectivity index (χ0) is 12.4. The van der Waals surface area contributed by atoms with Gasteiger partial charge >= 0.3 is 0 Å². The average molecular weight is 272 g/mol. The average Bonchev–Trinajstić information content (AvgIpc) is 2.30. The van der Waals surface area contributed by atoms with Gasteiger partial charge in [-0.15, -0.1) is 0 Å². The third-order valence-electron chi connectivity index (χ3n) is 2.29. The molecule has 0 fully saturated rings. The molecule has 2 aromatic rings. The molecule has 0 aliphatic rings. The summed E-state index contributed by atoms with van der Waals surface area (Å²) in [5.41, 5.74) is 1.07. The molecule has 0 aliphatic carbocycles. The Bertz CT molecular complexity index is 560. The first-order valence-electron chi connectivity index (χ1n) is 4.83. The Kier molecular flexibility index (Phi) is 3.62. The fraction of sp³-hybridized carbons (Fsp3) is 0.0833. The van der Waals surface area contributed by atoms with Crippen LogP contribution in [0.15, 0.2) is 30.3 Å². The van der Waals surface area contributed by atoms with Crippen LogP contribution in [0.25, 0.3) is 11.1 Å². The molecule has 2 rings (SSSR count). The van der Waals surface area contributed by atoms with Crippen LogP contribution in [0.2, 0.25) is 10.0 Å². The molecule has 1 aromatic carbocycles. The SMILES string of the molecule is OCc1ccc(-c2ccc(Cl)cc2Cl)c(F)n1. The van der Waals surface area contributed by atoms with E-state index in [0.717, 1.165) is 0 Å². The van der Waals surface area contributed by atoms with Crippen molar-refractivity contribution in [2.45, 2.75) is 6.61 Å². The Morgan fingerprint density at radius 2 is 1.82 bits per heavy atom. The lowest BCUT2D eigenvalue weighted by atomic mass is 10.1. The molecule has 0 radical (unpaired) electrons. The number of aromatic nitrogens is 1. The standard InChI is InChI=1S/C12H8Cl2FNO/c13-7-1-3-9(11(14)5-7)10-4-2-8(6-17)16-12(10)15/h1-5,17H,6H2. The van der Waals surface area contributed by atoms with E-state index in [2.05, 4.69) is 4.98 Å². The summed E-state index contributed by atoms with van der Waals surface area (Å²) in [6, 6.07) is 7.87. The number of benzene rings is 1. The largest absolute Gasteiger partial charge is 0.390 e. The van der Waals surface area contributed by atoms with Crippen molar-refractivity contribution >= 4 is 23.2 Å². The first-order chi connectivity index (χ1) is 8.11. The van der Waals surface area contributed by atoms with E-state index in [1.54, 1.807) is 18.2 Å². The van der Waals surface area contributed by atoms with Gasteiger partial charge in [0.1, 0.15) is 0 Å². The van der Waals surface area contributed by atoms with Gasteiger partial charge in [0.25, 0.3) is 0 Å². The summed E-state index contributed by atoms with van der Waals surface area (Å²) in [5.74, 6) is -0.666. The predicted molar refractivity (Wildman–Crippen MR) is 65.6 cm³/mol. The molecule has 0 saturated heterocycles. The number of aliphatic hydroxyl groups excluding tert-OH is 1. The maximum absolute atomic E-state index is 13.7. The third-order valence-corrected chi connectivity index (χ3v) is 2.84. The molecule has 0 spiro atoms. The fourth-order valence-corrected chi connectivity index (χ4v) is 1.98. The van der Waals surface area contributed by atoms with Crippen molar-refractivity contribution < 1.29 is 9.50 Å². The van der Waals surface area contributed by atoms with Gasteiger partial charge in [0.05, 0.1) is 17.3 Å². The van der Waals surface area contributed by atoms with Crippen LogP contribution in [-0.4, -0.2) is 10.1 Å². The molecule has 0 saturated carbocycles. The van der Waals surface area contributed by atoms with Gasteiger partial charge in [-0.3, -0.25) is 0 Å². The second-order valence-electron chi connectivity index (χ2n) is 3.42. The van der Waals surface area contributed by atoms with E-state index in [0.29, 0.717) is 15.6 Å². The van der Waals surface area contributed by atoms with E-state index in [4.69, 9.17) is 28.3 Å². The number of hydrogen-bond acceptors (Lipinski definition) is 2. The van der Waals surface area contributed by atoms with Crippen LogP contribution in [0.5, 0.6) is 0 Å². The number of aliphatic hydroxyl groups is 1. The van der Waals surface area contributed by atoms with Crippen LogP contribution < -0.4 is 0 Å². The fourth-order valence-electron chi connectivity index (χ4n) is 1.47. The number of pyridine rings is 1. The van der Waals surface area contributed by atoms with Crippen molar-refractivity contribution in [1.82, 2.24) is 4.98 Å². The lowest BCUT2D eigenvalue weighted by molar-refractivity contribution is 0.275. The van der Waals surface area contributed by atoms with Gasteiger partial charge in [0.2, 0.25) is 5.95 Å². The molecule has 0 aliphatic heterocycles. The summed E-state index contributed by atoms with van der Waals surface area (Å²) in [4.78, 5) is 3.62. The summed E-state index contributed by atoms with van der Waals surface area (Å²) < 4.78 is 13.7. The van der Waals surface area contributed by atoms with E-state index in [1.807, 2.05) is 0 Å². The summed E-state index contributed by atoms with van der Waals surface area (Å²) in [6.45, 7) is -0.300. The lowest BCUT2D eigenvalue weighted by Crippen LogP contribution is -1.95. The number of hydrogen-bond donors (Lipinski definition) is 1. The maximum Gasteiger partial charge on any atom is 0.221 e. The highest BCUT2D eigenvalue weighted by molar-refractivity contribution is 6.36. The molecule has 5 heteroatoms. The highest BCUT2D eigenvalue weighted by atomic mass is 35.5. The van der Waals surface area contributed by atoms with E-state index in [9.17, 15) is 4.39 Å². The van der Waals surface area contributed by atoms with Crippen LogP contribution in [0.3, 0.4) is 0 Å². The molecule has 88 valence electrons. The smallest absolute Gasteiger partial charge is 0.221 e. The van der Waals surface area contributed by atoms with Crippen molar-refractivity contribution in [3.8, 4) is 11.1 Å². The third kappa shape index (κ3) is 2.57. The van der Waals surface area contributed by atoms with Gasteiger partial charge in [0, 0.05) is 16.1 Å².